The van der Waals surface area contributed by atoms with Crippen LogP contribution in [-0.4, -0.2) is 30.3 Å². The van der Waals surface area contributed by atoms with Crippen molar-refractivity contribution in [3.05, 3.63) is 70.5 Å². The Morgan fingerprint density at radius 1 is 1.19 bits per heavy atom. The van der Waals surface area contributed by atoms with Crippen molar-refractivity contribution in [1.29, 1.82) is 0 Å². The Labute approximate surface area is 155 Å². The molecule has 0 saturated heterocycles. The molecular formula is C20H21F4NO2. The molecule has 1 heterocycles. The fraction of sp³-hybridized carbons (Fsp3) is 0.350. The highest BCUT2D eigenvalue weighted by Crippen LogP contribution is 2.25. The van der Waals surface area contributed by atoms with E-state index in [1.165, 1.54) is 22.8 Å². The van der Waals surface area contributed by atoms with Crippen molar-refractivity contribution in [3.8, 4) is 0 Å². The second-order valence-electron chi connectivity index (χ2n) is 6.50. The van der Waals surface area contributed by atoms with Gasteiger partial charge in [0.25, 0.3) is 0 Å². The van der Waals surface area contributed by atoms with Crippen molar-refractivity contribution < 1.29 is 27.5 Å². The molecule has 3 rings (SSSR count). The lowest BCUT2D eigenvalue weighted by Crippen LogP contribution is -2.21. The highest BCUT2D eigenvalue weighted by atomic mass is 19.4. The molecule has 2 aromatic rings. The highest BCUT2D eigenvalue weighted by Gasteiger charge is 2.38. The summed E-state index contributed by atoms with van der Waals surface area (Å²) in [6.45, 7) is 4.36. The molecule has 0 fully saturated rings. The molecule has 146 valence electrons. The molecule has 27 heavy (non-hydrogen) atoms. The van der Waals surface area contributed by atoms with Gasteiger partial charge >= 0.3 is 12.1 Å². The number of aliphatic carboxylic acids is 1. The maximum atomic E-state index is 13.3. The van der Waals surface area contributed by atoms with Gasteiger partial charge in [0, 0.05) is 6.54 Å². The average Bonchev–Trinajstić information content (AvgIpc) is 2.76. The van der Waals surface area contributed by atoms with E-state index in [9.17, 15) is 17.6 Å². The lowest BCUT2D eigenvalue weighted by atomic mass is 9.92. The van der Waals surface area contributed by atoms with E-state index in [2.05, 4.69) is 30.4 Å². The minimum absolute atomic E-state index is 0.158. The molecule has 1 atom stereocenters. The lowest BCUT2D eigenvalue weighted by Gasteiger charge is -2.14. The molecule has 0 unspecified atom stereocenters. The molecule has 7 heteroatoms. The standard InChI is InChI=1S/C18H20FN.C2HF3O2/c1-13-12-20-8-7-16-6-5-15(11-18(13)16)9-14-3-2-4-17(19)10-14;3-2(4,5)1(6)7/h2-6,10-11,13,20H,7-9,12H2,1H3;(H,6,7)/t13-;/m1./s1. The minimum Gasteiger partial charge on any atom is -0.475 e. The Kier molecular flexibility index (Phi) is 6.96. The Bertz CT molecular complexity index is 790. The normalized spacial score (nSPS) is 16.6. The smallest absolute Gasteiger partial charge is 0.475 e. The van der Waals surface area contributed by atoms with Gasteiger partial charge in [-0.25, -0.2) is 9.18 Å². The quantitative estimate of drug-likeness (QED) is 0.761. The minimum atomic E-state index is -5.08. The predicted octanol–water partition coefficient (Wildman–Crippen LogP) is 4.30. The Hall–Kier alpha value is -2.41. The first-order valence-corrected chi connectivity index (χ1v) is 8.54. The van der Waals surface area contributed by atoms with Gasteiger partial charge in [0.05, 0.1) is 0 Å². The van der Waals surface area contributed by atoms with Crippen LogP contribution in [0.3, 0.4) is 0 Å². The molecule has 2 N–H and O–H groups in total. The van der Waals surface area contributed by atoms with Crippen LogP contribution >= 0.6 is 0 Å². The molecule has 0 spiro atoms. The third-order valence-corrected chi connectivity index (χ3v) is 4.30. The van der Waals surface area contributed by atoms with E-state index >= 15 is 0 Å². The predicted molar refractivity (Wildman–Crippen MR) is 94.3 cm³/mol. The summed E-state index contributed by atoms with van der Waals surface area (Å²) in [5.74, 6) is -2.37. The Morgan fingerprint density at radius 2 is 1.85 bits per heavy atom. The maximum absolute atomic E-state index is 13.3. The van der Waals surface area contributed by atoms with Gasteiger partial charge in [-0.3, -0.25) is 0 Å². The summed E-state index contributed by atoms with van der Waals surface area (Å²) in [6, 6.07) is 13.6. The van der Waals surface area contributed by atoms with Crippen LogP contribution in [0.4, 0.5) is 17.6 Å². The van der Waals surface area contributed by atoms with Crippen molar-refractivity contribution >= 4 is 5.97 Å². The van der Waals surface area contributed by atoms with Crippen LogP contribution in [0.2, 0.25) is 0 Å². The van der Waals surface area contributed by atoms with Crippen LogP contribution in [0, 0.1) is 5.82 Å². The number of nitrogens with one attached hydrogen (secondary N) is 1. The number of benzene rings is 2. The van der Waals surface area contributed by atoms with Gasteiger partial charge in [-0.05, 0) is 59.7 Å². The first-order valence-electron chi connectivity index (χ1n) is 8.54. The zero-order valence-electron chi connectivity index (χ0n) is 14.8. The summed E-state index contributed by atoms with van der Waals surface area (Å²) in [7, 11) is 0. The van der Waals surface area contributed by atoms with E-state index in [4.69, 9.17) is 9.90 Å². The summed E-state index contributed by atoms with van der Waals surface area (Å²) in [6.07, 6.45) is -3.19. The first kappa shape index (κ1) is 20.9. The summed E-state index contributed by atoms with van der Waals surface area (Å²) in [4.78, 5) is 8.90. The molecule has 0 aliphatic carbocycles. The van der Waals surface area contributed by atoms with Gasteiger partial charge in [0.2, 0.25) is 0 Å². The zero-order chi connectivity index (χ0) is 20.0. The summed E-state index contributed by atoms with van der Waals surface area (Å²) in [5.41, 5.74) is 5.20. The van der Waals surface area contributed by atoms with Crippen LogP contribution in [-0.2, 0) is 17.6 Å². The Morgan fingerprint density at radius 3 is 2.48 bits per heavy atom. The first-order chi connectivity index (χ1) is 12.7. The number of carboxylic acids is 1. The van der Waals surface area contributed by atoms with E-state index in [0.717, 1.165) is 31.5 Å². The van der Waals surface area contributed by atoms with Crippen molar-refractivity contribution in [2.45, 2.75) is 31.9 Å². The Balaban J connectivity index is 0.000000321. The van der Waals surface area contributed by atoms with Crippen molar-refractivity contribution in [2.75, 3.05) is 13.1 Å². The fourth-order valence-electron chi connectivity index (χ4n) is 2.97. The molecular weight excluding hydrogens is 362 g/mol. The summed E-state index contributed by atoms with van der Waals surface area (Å²) < 4.78 is 45.0. The molecule has 0 radical (unpaired) electrons. The van der Waals surface area contributed by atoms with E-state index in [0.29, 0.717) is 5.92 Å². The number of carbonyl (C=O) groups is 1. The SMILES string of the molecule is C[C@@H]1CNCCc2ccc(Cc3cccc(F)c3)cc21.O=C(O)C(F)(F)F. The fourth-order valence-corrected chi connectivity index (χ4v) is 2.97. The van der Waals surface area contributed by atoms with Crippen LogP contribution in [0.15, 0.2) is 42.5 Å². The number of hydrogen-bond donors (Lipinski definition) is 2. The molecule has 2 aromatic carbocycles. The van der Waals surface area contributed by atoms with Gasteiger partial charge in [-0.15, -0.1) is 0 Å². The molecule has 1 aliphatic heterocycles. The third-order valence-electron chi connectivity index (χ3n) is 4.30. The van der Waals surface area contributed by atoms with Gasteiger partial charge in [0.1, 0.15) is 5.82 Å². The van der Waals surface area contributed by atoms with Crippen LogP contribution < -0.4 is 5.32 Å². The van der Waals surface area contributed by atoms with Gasteiger partial charge in [-0.1, -0.05) is 37.3 Å². The van der Waals surface area contributed by atoms with E-state index in [1.807, 2.05) is 6.07 Å². The van der Waals surface area contributed by atoms with Crippen LogP contribution in [0.1, 0.15) is 35.1 Å². The number of hydrogen-bond acceptors (Lipinski definition) is 2. The zero-order valence-corrected chi connectivity index (χ0v) is 14.8. The van der Waals surface area contributed by atoms with Gasteiger partial charge in [0.15, 0.2) is 0 Å². The molecule has 0 aromatic heterocycles. The van der Waals surface area contributed by atoms with Gasteiger partial charge < -0.3 is 10.4 Å². The van der Waals surface area contributed by atoms with Crippen molar-refractivity contribution in [1.82, 2.24) is 5.32 Å². The van der Waals surface area contributed by atoms with Gasteiger partial charge in [-0.2, -0.15) is 13.2 Å². The van der Waals surface area contributed by atoms with E-state index in [1.54, 1.807) is 12.1 Å². The number of halogens is 4. The second-order valence-corrected chi connectivity index (χ2v) is 6.50. The number of alkyl halides is 3. The topological polar surface area (TPSA) is 49.3 Å². The van der Waals surface area contributed by atoms with Crippen molar-refractivity contribution in [2.24, 2.45) is 0 Å². The lowest BCUT2D eigenvalue weighted by molar-refractivity contribution is -0.192. The molecule has 0 bridgehead atoms. The summed E-state index contributed by atoms with van der Waals surface area (Å²) in [5, 5.41) is 10.6. The van der Waals surface area contributed by atoms with E-state index < -0.39 is 12.1 Å². The van der Waals surface area contributed by atoms with Crippen LogP contribution in [0.5, 0.6) is 0 Å². The number of carboxylic acid groups (broad SMARTS) is 1. The largest absolute Gasteiger partial charge is 0.490 e. The third kappa shape index (κ3) is 6.36. The molecule has 3 nitrogen and oxygen atoms in total. The van der Waals surface area contributed by atoms with Crippen molar-refractivity contribution in [3.63, 3.8) is 0 Å². The molecule has 0 saturated carbocycles. The number of fused-ring (bicyclic) bond motifs is 1. The summed E-state index contributed by atoms with van der Waals surface area (Å²) >= 11 is 0. The maximum Gasteiger partial charge on any atom is 0.490 e. The molecule has 1 aliphatic rings. The monoisotopic (exact) mass is 383 g/mol. The van der Waals surface area contributed by atoms with Crippen LogP contribution in [0.25, 0.3) is 0 Å². The number of rotatable bonds is 2. The van der Waals surface area contributed by atoms with E-state index in [-0.39, 0.29) is 5.82 Å². The second kappa shape index (κ2) is 8.99. The highest BCUT2D eigenvalue weighted by molar-refractivity contribution is 5.73. The average molecular weight is 383 g/mol. The molecule has 0 amide bonds.